The number of hydrogen-bond donors (Lipinski definition) is 8. The maximum atomic E-state index is 8.39. The Balaban J connectivity index is -0.000000111. The summed E-state index contributed by atoms with van der Waals surface area (Å²) in [5, 5.41) is 65.6. The molecule has 0 aliphatic rings. The minimum atomic E-state index is -0.352. The van der Waals surface area contributed by atoms with Crippen LogP contribution in [0.25, 0.3) is 0 Å². The van der Waals surface area contributed by atoms with Crippen molar-refractivity contribution in [2.45, 2.75) is 71.2 Å². The molecule has 0 bridgehead atoms. The van der Waals surface area contributed by atoms with Crippen molar-refractivity contribution in [2.75, 3.05) is 33.0 Å². The monoisotopic (exact) mass is 360 g/mol. The van der Waals surface area contributed by atoms with Gasteiger partial charge in [0.1, 0.15) is 0 Å². The molecule has 0 spiro atoms. The van der Waals surface area contributed by atoms with E-state index in [-0.39, 0.29) is 51.3 Å². The number of aliphatic hydroxyl groups excluding tert-OH is 8. The van der Waals surface area contributed by atoms with E-state index in [0.717, 1.165) is 12.8 Å². The lowest BCUT2D eigenvalue weighted by Gasteiger charge is -1.95. The molecule has 0 saturated heterocycles. The van der Waals surface area contributed by atoms with Gasteiger partial charge in [0.25, 0.3) is 0 Å². The van der Waals surface area contributed by atoms with E-state index in [2.05, 4.69) is 0 Å². The largest absolute Gasteiger partial charge is 0.396 e. The molecule has 0 aliphatic carbocycles. The van der Waals surface area contributed by atoms with E-state index in [4.69, 9.17) is 40.9 Å². The Morgan fingerprint density at radius 3 is 0.708 bits per heavy atom. The first kappa shape index (κ1) is 31.4. The molecule has 0 aromatic heterocycles. The predicted molar refractivity (Wildman–Crippen MR) is 93.6 cm³/mol. The molecule has 24 heavy (non-hydrogen) atoms. The van der Waals surface area contributed by atoms with E-state index in [1.54, 1.807) is 20.8 Å². The molecule has 8 N–H and O–H groups in total. The summed E-state index contributed by atoms with van der Waals surface area (Å²) in [7, 11) is 0. The summed E-state index contributed by atoms with van der Waals surface area (Å²) in [6.45, 7) is 5.58. The molecule has 8 nitrogen and oxygen atoms in total. The van der Waals surface area contributed by atoms with Crippen LogP contribution in [0.15, 0.2) is 0 Å². The number of rotatable bonds is 9. The Labute approximate surface area is 146 Å². The molecule has 0 radical (unpaired) electrons. The van der Waals surface area contributed by atoms with Crippen LogP contribution in [-0.4, -0.2) is 92.2 Å². The Kier molecular flexibility index (Phi) is 40.0. The summed E-state index contributed by atoms with van der Waals surface area (Å²) in [6, 6.07) is 0. The molecule has 0 fully saturated rings. The lowest BCUT2D eigenvalue weighted by molar-refractivity contribution is 0.148. The maximum absolute atomic E-state index is 8.39. The average molecular weight is 360 g/mol. The van der Waals surface area contributed by atoms with Gasteiger partial charge in [0, 0.05) is 33.0 Å². The fourth-order valence-corrected chi connectivity index (χ4v) is 0.784. The zero-order chi connectivity index (χ0) is 19.8. The maximum Gasteiger partial charge on any atom is 0.0533 e. The van der Waals surface area contributed by atoms with Crippen molar-refractivity contribution in [3.8, 4) is 0 Å². The van der Waals surface area contributed by atoms with Gasteiger partial charge in [-0.3, -0.25) is 0 Å². The third-order valence-electron chi connectivity index (χ3n) is 2.21. The fraction of sp³-hybridized carbons (Fsp3) is 1.00. The Morgan fingerprint density at radius 2 is 0.667 bits per heavy atom. The van der Waals surface area contributed by atoms with Crippen molar-refractivity contribution in [3.05, 3.63) is 0 Å². The quantitative estimate of drug-likeness (QED) is 0.243. The molecule has 8 heteroatoms. The Morgan fingerprint density at radius 1 is 0.458 bits per heavy atom. The minimum Gasteiger partial charge on any atom is -0.396 e. The molecule has 3 unspecified atom stereocenters. The van der Waals surface area contributed by atoms with Crippen LogP contribution in [0, 0.1) is 0 Å². The van der Waals surface area contributed by atoms with E-state index < -0.39 is 0 Å². The molecule has 0 heterocycles. The van der Waals surface area contributed by atoms with E-state index in [0.29, 0.717) is 19.3 Å². The number of unbranched alkanes of at least 4 members (excludes halogenated alkanes) is 1. The Hall–Kier alpha value is -0.320. The predicted octanol–water partition coefficient (Wildman–Crippen LogP) is -1.000. The first-order valence-corrected chi connectivity index (χ1v) is 8.31. The van der Waals surface area contributed by atoms with Crippen molar-refractivity contribution in [2.24, 2.45) is 0 Å². The van der Waals surface area contributed by atoms with Gasteiger partial charge in [-0.2, -0.15) is 0 Å². The van der Waals surface area contributed by atoms with Gasteiger partial charge in [-0.25, -0.2) is 0 Å². The van der Waals surface area contributed by atoms with Crippen LogP contribution in [0.5, 0.6) is 0 Å². The highest BCUT2D eigenvalue weighted by Crippen LogP contribution is 1.84. The number of aliphatic hydroxyl groups is 8. The van der Waals surface area contributed by atoms with E-state index in [1.165, 1.54) is 0 Å². The van der Waals surface area contributed by atoms with Crippen LogP contribution >= 0.6 is 0 Å². The van der Waals surface area contributed by atoms with Crippen LogP contribution in [0.1, 0.15) is 52.9 Å². The highest BCUT2D eigenvalue weighted by molar-refractivity contribution is 4.41. The zero-order valence-electron chi connectivity index (χ0n) is 15.4. The molecule has 0 aliphatic heterocycles. The van der Waals surface area contributed by atoms with Gasteiger partial charge < -0.3 is 40.9 Å². The second kappa shape index (κ2) is 30.5. The van der Waals surface area contributed by atoms with Gasteiger partial charge in [0.2, 0.25) is 0 Å². The molecule has 152 valence electrons. The molecule has 3 atom stereocenters. The molecule has 0 aromatic rings. The highest BCUT2D eigenvalue weighted by Gasteiger charge is 1.89. The second-order valence-corrected chi connectivity index (χ2v) is 5.24. The normalized spacial score (nSPS) is 13.1. The smallest absolute Gasteiger partial charge is 0.0533 e. The summed E-state index contributed by atoms with van der Waals surface area (Å²) >= 11 is 0. The summed E-state index contributed by atoms with van der Waals surface area (Å²) < 4.78 is 0. The van der Waals surface area contributed by atoms with Crippen molar-refractivity contribution < 1.29 is 40.9 Å². The molecule has 0 saturated carbocycles. The van der Waals surface area contributed by atoms with E-state index >= 15 is 0 Å². The standard InChI is InChI=1S/4C4H10O2/c3*1-4(6)2-3-5;5-3-1-2-4-6/h3*4-6H,2-3H2,1H3;5-6H,1-4H2. The molecular formula is C16H40O8. The Bertz CT molecular complexity index is 150. The summed E-state index contributed by atoms with van der Waals surface area (Å²) in [6.07, 6.45) is 1.84. The highest BCUT2D eigenvalue weighted by atomic mass is 16.3. The van der Waals surface area contributed by atoms with Crippen LogP contribution in [0.3, 0.4) is 0 Å². The summed E-state index contributed by atoms with van der Waals surface area (Å²) in [4.78, 5) is 0. The van der Waals surface area contributed by atoms with Crippen molar-refractivity contribution in [1.29, 1.82) is 0 Å². The second-order valence-electron chi connectivity index (χ2n) is 5.24. The SMILES string of the molecule is CC(O)CCO.CC(O)CCO.CC(O)CCO.OCCCCO. The van der Waals surface area contributed by atoms with Gasteiger partial charge >= 0.3 is 0 Å². The van der Waals surface area contributed by atoms with Gasteiger partial charge in [0.15, 0.2) is 0 Å². The van der Waals surface area contributed by atoms with Gasteiger partial charge in [0.05, 0.1) is 18.3 Å². The van der Waals surface area contributed by atoms with E-state index in [1.807, 2.05) is 0 Å². The topological polar surface area (TPSA) is 162 Å². The molecule has 0 aromatic carbocycles. The van der Waals surface area contributed by atoms with Crippen molar-refractivity contribution in [1.82, 2.24) is 0 Å². The molecule has 0 amide bonds. The van der Waals surface area contributed by atoms with Crippen molar-refractivity contribution in [3.63, 3.8) is 0 Å². The van der Waals surface area contributed by atoms with Gasteiger partial charge in [-0.05, 0) is 52.9 Å². The summed E-state index contributed by atoms with van der Waals surface area (Å²) in [5.74, 6) is 0. The third-order valence-corrected chi connectivity index (χ3v) is 2.21. The first-order valence-electron chi connectivity index (χ1n) is 8.31. The minimum absolute atomic E-state index is 0.0810. The lowest BCUT2D eigenvalue weighted by atomic mass is 10.3. The van der Waals surface area contributed by atoms with Crippen LogP contribution in [0.2, 0.25) is 0 Å². The fourth-order valence-electron chi connectivity index (χ4n) is 0.784. The average Bonchev–Trinajstić information content (AvgIpc) is 2.46. The van der Waals surface area contributed by atoms with Crippen LogP contribution in [-0.2, 0) is 0 Å². The van der Waals surface area contributed by atoms with Crippen molar-refractivity contribution >= 4 is 0 Å². The molecular weight excluding hydrogens is 320 g/mol. The summed E-state index contributed by atoms with van der Waals surface area (Å²) in [5.41, 5.74) is 0. The van der Waals surface area contributed by atoms with Gasteiger partial charge in [-0.1, -0.05) is 0 Å². The van der Waals surface area contributed by atoms with Crippen LogP contribution < -0.4 is 0 Å². The van der Waals surface area contributed by atoms with Crippen LogP contribution in [0.4, 0.5) is 0 Å². The lowest BCUT2D eigenvalue weighted by Crippen LogP contribution is -2.00. The zero-order valence-corrected chi connectivity index (χ0v) is 15.4. The number of hydrogen-bond acceptors (Lipinski definition) is 8. The molecule has 0 rings (SSSR count). The first-order chi connectivity index (χ1) is 11.2. The third kappa shape index (κ3) is 68.0. The van der Waals surface area contributed by atoms with E-state index in [9.17, 15) is 0 Å². The van der Waals surface area contributed by atoms with Gasteiger partial charge in [-0.15, -0.1) is 0 Å².